The Kier molecular flexibility index (Phi) is 4.32. The monoisotopic (exact) mass is 316 g/mol. The van der Waals surface area contributed by atoms with Gasteiger partial charge in [0.05, 0.1) is 5.92 Å². The van der Waals surface area contributed by atoms with Crippen molar-refractivity contribution in [2.24, 2.45) is 5.92 Å². The molecule has 1 saturated carbocycles. The second kappa shape index (κ2) is 6.40. The molecule has 1 N–H and O–H groups in total. The molecule has 1 heterocycles. The number of hydrogen-bond donors (Lipinski definition) is 1. The Morgan fingerprint density at radius 3 is 2.78 bits per heavy atom. The van der Waals surface area contributed by atoms with Gasteiger partial charge in [-0.1, -0.05) is 19.1 Å². The van der Waals surface area contributed by atoms with Gasteiger partial charge in [0.15, 0.2) is 11.5 Å². The summed E-state index contributed by atoms with van der Waals surface area (Å²) in [5.74, 6) is -0.907. The van der Waals surface area contributed by atoms with Crippen LogP contribution in [0.4, 0.5) is 0 Å². The number of carboxylic acids is 1. The molecule has 0 saturated heterocycles. The Hall–Kier alpha value is -2.37. The number of carboxylic acid groups (broad SMARTS) is 1. The molecule has 1 aliphatic carbocycles. The molecule has 23 heavy (non-hydrogen) atoms. The predicted molar refractivity (Wildman–Crippen MR) is 83.9 cm³/mol. The molecule has 1 fully saturated rings. The summed E-state index contributed by atoms with van der Waals surface area (Å²) in [7, 11) is 0. The molecule has 0 spiro atoms. The highest BCUT2D eigenvalue weighted by atomic mass is 16.4. The van der Waals surface area contributed by atoms with Gasteiger partial charge in [0.2, 0.25) is 5.91 Å². The number of nitrogens with zero attached hydrogens (tertiary/aromatic N) is 2. The summed E-state index contributed by atoms with van der Waals surface area (Å²) < 4.78 is 5.62. The fourth-order valence-electron chi connectivity index (χ4n) is 2.60. The molecule has 3 rings (SSSR count). The summed E-state index contributed by atoms with van der Waals surface area (Å²) in [6.45, 7) is 1.90. The number of oxazole rings is 1. The molecule has 1 amide bonds. The van der Waals surface area contributed by atoms with E-state index in [0.717, 1.165) is 18.4 Å². The molecule has 0 aliphatic heterocycles. The average molecular weight is 316 g/mol. The molecule has 122 valence electrons. The molecule has 1 aromatic carbocycles. The smallest absolute Gasteiger partial charge is 0.308 e. The van der Waals surface area contributed by atoms with Gasteiger partial charge in [0.25, 0.3) is 0 Å². The summed E-state index contributed by atoms with van der Waals surface area (Å²) in [5, 5.41) is 9.04. The molecular formula is C17H20N2O4. The Morgan fingerprint density at radius 2 is 2.13 bits per heavy atom. The number of aryl methyl sites for hydroxylation is 1. The minimum atomic E-state index is -0.873. The zero-order chi connectivity index (χ0) is 16.4. The molecular weight excluding hydrogens is 296 g/mol. The third-order valence-electron chi connectivity index (χ3n) is 4.09. The van der Waals surface area contributed by atoms with E-state index in [1.807, 2.05) is 24.3 Å². The van der Waals surface area contributed by atoms with Crippen LogP contribution in [0, 0.1) is 5.92 Å². The fourth-order valence-corrected chi connectivity index (χ4v) is 2.60. The van der Waals surface area contributed by atoms with E-state index in [1.165, 1.54) is 0 Å². The minimum Gasteiger partial charge on any atom is -0.481 e. The fraction of sp³-hybridized carbons (Fsp3) is 0.471. The maximum atomic E-state index is 12.4. The van der Waals surface area contributed by atoms with Crippen molar-refractivity contribution >= 4 is 23.0 Å². The van der Waals surface area contributed by atoms with Crippen LogP contribution in [-0.4, -0.2) is 39.5 Å². The first-order chi connectivity index (χ1) is 11.0. The van der Waals surface area contributed by atoms with Gasteiger partial charge in [-0.25, -0.2) is 4.98 Å². The van der Waals surface area contributed by atoms with Gasteiger partial charge >= 0.3 is 5.97 Å². The number of para-hydroxylation sites is 2. The molecule has 1 atom stereocenters. The zero-order valence-corrected chi connectivity index (χ0v) is 13.1. The molecule has 6 heteroatoms. The topological polar surface area (TPSA) is 83.6 Å². The van der Waals surface area contributed by atoms with Gasteiger partial charge in [-0.3, -0.25) is 9.59 Å². The lowest BCUT2D eigenvalue weighted by Gasteiger charge is -2.24. The standard InChI is InChI=1S/C17H20N2O4/c1-11(17(21)22)10-19(12-6-7-12)16(20)9-8-15-18-13-4-2-3-5-14(13)23-15/h2-5,11-12H,6-10H2,1H3,(H,21,22). The van der Waals surface area contributed by atoms with Crippen LogP contribution in [0.3, 0.4) is 0 Å². The quantitative estimate of drug-likeness (QED) is 0.848. The number of aromatic nitrogens is 1. The largest absolute Gasteiger partial charge is 0.481 e. The van der Waals surface area contributed by atoms with Gasteiger partial charge in [-0.05, 0) is 25.0 Å². The van der Waals surface area contributed by atoms with Crippen LogP contribution in [0.2, 0.25) is 0 Å². The second-order valence-corrected chi connectivity index (χ2v) is 6.09. The highest BCUT2D eigenvalue weighted by Gasteiger charge is 2.34. The van der Waals surface area contributed by atoms with E-state index in [1.54, 1.807) is 11.8 Å². The van der Waals surface area contributed by atoms with E-state index in [-0.39, 0.29) is 24.9 Å². The number of rotatable bonds is 7. The van der Waals surface area contributed by atoms with Crippen molar-refractivity contribution in [1.29, 1.82) is 0 Å². The molecule has 1 unspecified atom stereocenters. The third kappa shape index (κ3) is 3.70. The summed E-state index contributed by atoms with van der Waals surface area (Å²) in [6.07, 6.45) is 2.63. The molecule has 0 bridgehead atoms. The van der Waals surface area contributed by atoms with E-state index >= 15 is 0 Å². The summed E-state index contributed by atoms with van der Waals surface area (Å²) in [5.41, 5.74) is 1.50. The maximum Gasteiger partial charge on any atom is 0.308 e. The molecule has 1 aliphatic rings. The molecule has 6 nitrogen and oxygen atoms in total. The summed E-state index contributed by atoms with van der Waals surface area (Å²) >= 11 is 0. The highest BCUT2D eigenvalue weighted by Crippen LogP contribution is 2.28. The Morgan fingerprint density at radius 1 is 1.39 bits per heavy atom. The van der Waals surface area contributed by atoms with Gasteiger partial charge in [0, 0.05) is 25.4 Å². The molecule has 0 radical (unpaired) electrons. The van der Waals surface area contributed by atoms with Crippen LogP contribution >= 0.6 is 0 Å². The van der Waals surface area contributed by atoms with E-state index in [2.05, 4.69) is 4.98 Å². The lowest BCUT2D eigenvalue weighted by molar-refractivity contribution is -0.143. The van der Waals surface area contributed by atoms with Gasteiger partial charge < -0.3 is 14.4 Å². The number of carbonyl (C=O) groups excluding carboxylic acids is 1. The Labute approximate surface area is 134 Å². The van der Waals surface area contributed by atoms with E-state index < -0.39 is 11.9 Å². The van der Waals surface area contributed by atoms with E-state index in [9.17, 15) is 9.59 Å². The van der Waals surface area contributed by atoms with Crippen molar-refractivity contribution in [2.45, 2.75) is 38.6 Å². The van der Waals surface area contributed by atoms with Gasteiger partial charge in [-0.2, -0.15) is 0 Å². The number of benzene rings is 1. The Balaban J connectivity index is 1.61. The first-order valence-corrected chi connectivity index (χ1v) is 7.91. The second-order valence-electron chi connectivity index (χ2n) is 6.09. The highest BCUT2D eigenvalue weighted by molar-refractivity contribution is 5.78. The van der Waals surface area contributed by atoms with Gasteiger partial charge in [0.1, 0.15) is 5.52 Å². The van der Waals surface area contributed by atoms with Crippen LogP contribution < -0.4 is 0 Å². The minimum absolute atomic E-state index is 0.0251. The first kappa shape index (κ1) is 15.5. The van der Waals surface area contributed by atoms with Crippen LogP contribution in [0.1, 0.15) is 32.1 Å². The number of amides is 1. The number of carbonyl (C=O) groups is 2. The lowest BCUT2D eigenvalue weighted by Crippen LogP contribution is -2.38. The van der Waals surface area contributed by atoms with Crippen molar-refractivity contribution in [3.05, 3.63) is 30.2 Å². The van der Waals surface area contributed by atoms with Crippen LogP contribution in [0.25, 0.3) is 11.1 Å². The van der Waals surface area contributed by atoms with Gasteiger partial charge in [-0.15, -0.1) is 0 Å². The third-order valence-corrected chi connectivity index (χ3v) is 4.09. The van der Waals surface area contributed by atoms with Crippen molar-refractivity contribution in [3.8, 4) is 0 Å². The van der Waals surface area contributed by atoms with E-state index in [0.29, 0.717) is 17.9 Å². The predicted octanol–water partition coefficient (Wildman–Crippen LogP) is 2.47. The first-order valence-electron chi connectivity index (χ1n) is 7.91. The summed E-state index contributed by atoms with van der Waals surface area (Å²) in [4.78, 5) is 29.5. The van der Waals surface area contributed by atoms with E-state index in [4.69, 9.17) is 9.52 Å². The van der Waals surface area contributed by atoms with Crippen LogP contribution in [-0.2, 0) is 16.0 Å². The Bertz CT molecular complexity index is 687. The normalized spacial score (nSPS) is 15.5. The molecule has 2 aromatic rings. The van der Waals surface area contributed by atoms with Crippen molar-refractivity contribution in [3.63, 3.8) is 0 Å². The van der Waals surface area contributed by atoms with Crippen LogP contribution in [0.15, 0.2) is 28.7 Å². The zero-order valence-electron chi connectivity index (χ0n) is 13.1. The summed E-state index contributed by atoms with van der Waals surface area (Å²) in [6, 6.07) is 7.69. The molecule has 1 aromatic heterocycles. The van der Waals surface area contributed by atoms with Crippen molar-refractivity contribution in [1.82, 2.24) is 9.88 Å². The average Bonchev–Trinajstić information content (AvgIpc) is 3.28. The van der Waals surface area contributed by atoms with Crippen molar-refractivity contribution < 1.29 is 19.1 Å². The maximum absolute atomic E-state index is 12.4. The number of fused-ring (bicyclic) bond motifs is 1. The SMILES string of the molecule is CC(CN(C(=O)CCc1nc2ccccc2o1)C1CC1)C(=O)O. The lowest BCUT2D eigenvalue weighted by atomic mass is 10.1. The van der Waals surface area contributed by atoms with Crippen LogP contribution in [0.5, 0.6) is 0 Å². The van der Waals surface area contributed by atoms with Crippen molar-refractivity contribution in [2.75, 3.05) is 6.54 Å². The number of aliphatic carboxylic acids is 1. The number of hydrogen-bond acceptors (Lipinski definition) is 4.